The molecule has 8 heteroatoms. The van der Waals surface area contributed by atoms with E-state index in [9.17, 15) is 22.8 Å². The topological polar surface area (TPSA) is 58.2 Å². The summed E-state index contributed by atoms with van der Waals surface area (Å²) in [5.74, 6) is -4.25. The van der Waals surface area contributed by atoms with Gasteiger partial charge in [0.05, 0.1) is 5.56 Å². The number of carbonyl (C=O) groups is 2. The molecule has 0 saturated heterocycles. The smallest absolute Gasteiger partial charge is 0.257 e. The summed E-state index contributed by atoms with van der Waals surface area (Å²) in [6.07, 6.45) is 0. The monoisotopic (exact) mass is 400 g/mol. The SMILES string of the molecule is O=C(NCCNC(=O)c1c(F)cccc1F)c1cc(Br)ccc1F. The predicted octanol–water partition coefficient (Wildman–Crippen LogP) is 3.03. The van der Waals surface area contributed by atoms with E-state index in [1.807, 2.05) is 0 Å². The van der Waals surface area contributed by atoms with E-state index in [1.165, 1.54) is 12.1 Å². The molecular formula is C16H12BrF3N2O2. The second kappa shape index (κ2) is 7.96. The van der Waals surface area contributed by atoms with Crippen molar-refractivity contribution in [2.45, 2.75) is 0 Å². The molecule has 0 unspecified atom stereocenters. The first-order valence-corrected chi connectivity index (χ1v) is 7.65. The van der Waals surface area contributed by atoms with Crippen LogP contribution in [-0.2, 0) is 0 Å². The van der Waals surface area contributed by atoms with E-state index in [4.69, 9.17) is 0 Å². The molecule has 2 rings (SSSR count). The van der Waals surface area contributed by atoms with Crippen LogP contribution in [0, 0.1) is 17.5 Å². The lowest BCUT2D eigenvalue weighted by Crippen LogP contribution is -2.35. The summed E-state index contributed by atoms with van der Waals surface area (Å²) in [7, 11) is 0. The van der Waals surface area contributed by atoms with E-state index in [-0.39, 0.29) is 18.7 Å². The molecule has 2 aromatic carbocycles. The molecule has 0 saturated carbocycles. The van der Waals surface area contributed by atoms with Gasteiger partial charge in [0, 0.05) is 17.6 Å². The first-order valence-electron chi connectivity index (χ1n) is 6.85. The van der Waals surface area contributed by atoms with Gasteiger partial charge >= 0.3 is 0 Å². The van der Waals surface area contributed by atoms with Gasteiger partial charge in [-0.15, -0.1) is 0 Å². The summed E-state index contributed by atoms with van der Waals surface area (Å²) >= 11 is 3.13. The molecule has 0 aromatic heterocycles. The highest BCUT2D eigenvalue weighted by atomic mass is 79.9. The number of amides is 2. The largest absolute Gasteiger partial charge is 0.350 e. The predicted molar refractivity (Wildman–Crippen MR) is 85.1 cm³/mol. The highest BCUT2D eigenvalue weighted by Crippen LogP contribution is 2.15. The van der Waals surface area contributed by atoms with E-state index in [2.05, 4.69) is 26.6 Å². The number of benzene rings is 2. The van der Waals surface area contributed by atoms with Crippen molar-refractivity contribution < 1.29 is 22.8 Å². The van der Waals surface area contributed by atoms with Crippen LogP contribution in [0.15, 0.2) is 40.9 Å². The summed E-state index contributed by atoms with van der Waals surface area (Å²) in [6.45, 7) is -0.111. The van der Waals surface area contributed by atoms with E-state index in [0.717, 1.165) is 24.3 Å². The molecule has 0 aliphatic carbocycles. The van der Waals surface area contributed by atoms with Crippen molar-refractivity contribution in [2.75, 3.05) is 13.1 Å². The minimum Gasteiger partial charge on any atom is -0.350 e. The number of halogens is 4. The summed E-state index contributed by atoms with van der Waals surface area (Å²) in [5, 5.41) is 4.68. The fraction of sp³-hybridized carbons (Fsp3) is 0.125. The molecule has 126 valence electrons. The molecule has 0 aliphatic heterocycles. The fourth-order valence-electron chi connectivity index (χ4n) is 1.92. The summed E-state index contributed by atoms with van der Waals surface area (Å²) in [4.78, 5) is 23.6. The van der Waals surface area contributed by atoms with Crippen LogP contribution in [0.2, 0.25) is 0 Å². The van der Waals surface area contributed by atoms with Gasteiger partial charge in [-0.1, -0.05) is 22.0 Å². The molecule has 0 spiro atoms. The average Bonchev–Trinajstić information content (AvgIpc) is 2.53. The van der Waals surface area contributed by atoms with E-state index in [1.54, 1.807) is 0 Å². The molecular weight excluding hydrogens is 389 g/mol. The van der Waals surface area contributed by atoms with Crippen LogP contribution in [0.3, 0.4) is 0 Å². The zero-order valence-electron chi connectivity index (χ0n) is 12.2. The fourth-order valence-corrected chi connectivity index (χ4v) is 2.28. The lowest BCUT2D eigenvalue weighted by atomic mass is 10.2. The Balaban J connectivity index is 1.88. The van der Waals surface area contributed by atoms with Crippen LogP contribution in [0.5, 0.6) is 0 Å². The zero-order valence-corrected chi connectivity index (χ0v) is 13.8. The zero-order chi connectivity index (χ0) is 17.7. The van der Waals surface area contributed by atoms with Crippen molar-refractivity contribution >= 4 is 27.7 Å². The number of nitrogens with one attached hydrogen (secondary N) is 2. The van der Waals surface area contributed by atoms with E-state index >= 15 is 0 Å². The highest BCUT2D eigenvalue weighted by Gasteiger charge is 2.16. The van der Waals surface area contributed by atoms with Gasteiger partial charge in [0.1, 0.15) is 23.0 Å². The Labute approximate surface area is 144 Å². The Morgan fingerprint density at radius 3 is 2.08 bits per heavy atom. The van der Waals surface area contributed by atoms with Gasteiger partial charge in [-0.3, -0.25) is 9.59 Å². The van der Waals surface area contributed by atoms with Crippen LogP contribution in [0.25, 0.3) is 0 Å². The summed E-state index contributed by atoms with van der Waals surface area (Å²) in [6, 6.07) is 6.99. The van der Waals surface area contributed by atoms with E-state index in [0.29, 0.717) is 4.47 Å². The van der Waals surface area contributed by atoms with Gasteiger partial charge in [-0.25, -0.2) is 13.2 Å². The van der Waals surface area contributed by atoms with E-state index < -0.39 is 34.8 Å². The van der Waals surface area contributed by atoms with Crippen molar-refractivity contribution in [3.8, 4) is 0 Å². The Morgan fingerprint density at radius 2 is 1.46 bits per heavy atom. The molecule has 0 atom stereocenters. The summed E-state index contributed by atoms with van der Waals surface area (Å²) in [5.41, 5.74) is -0.849. The second-order valence-corrected chi connectivity index (χ2v) is 5.65. The molecule has 0 heterocycles. The minimum atomic E-state index is -0.979. The molecule has 2 N–H and O–H groups in total. The van der Waals surface area contributed by atoms with Gasteiger partial charge < -0.3 is 10.6 Å². The molecule has 0 fully saturated rings. The molecule has 0 aliphatic rings. The van der Waals surface area contributed by atoms with Crippen LogP contribution >= 0.6 is 15.9 Å². The normalized spacial score (nSPS) is 10.3. The van der Waals surface area contributed by atoms with Crippen molar-refractivity contribution in [1.82, 2.24) is 10.6 Å². The standard InChI is InChI=1S/C16H12BrF3N2O2/c17-9-4-5-11(18)10(8-9)15(23)21-6-7-22-16(24)14-12(19)2-1-3-13(14)20/h1-5,8H,6-7H2,(H,21,23)(H,22,24). The Morgan fingerprint density at radius 1 is 0.875 bits per heavy atom. The first kappa shape index (κ1) is 18.0. The number of carbonyl (C=O) groups excluding carboxylic acids is 2. The molecule has 0 bridgehead atoms. The number of hydrogen-bond acceptors (Lipinski definition) is 2. The Bertz CT molecular complexity index is 764. The maximum atomic E-state index is 13.5. The Kier molecular flexibility index (Phi) is 5.97. The maximum Gasteiger partial charge on any atom is 0.257 e. The van der Waals surface area contributed by atoms with Crippen LogP contribution in [0.4, 0.5) is 13.2 Å². The number of rotatable bonds is 5. The molecule has 24 heavy (non-hydrogen) atoms. The Hall–Kier alpha value is -2.35. The third-order valence-corrected chi connectivity index (χ3v) is 3.55. The number of hydrogen-bond donors (Lipinski definition) is 2. The third-order valence-electron chi connectivity index (χ3n) is 3.06. The summed E-state index contributed by atoms with van der Waals surface area (Å²) < 4.78 is 40.9. The van der Waals surface area contributed by atoms with Crippen molar-refractivity contribution in [2.24, 2.45) is 0 Å². The lowest BCUT2D eigenvalue weighted by molar-refractivity contribution is 0.0920. The maximum absolute atomic E-state index is 13.5. The van der Waals surface area contributed by atoms with Crippen LogP contribution < -0.4 is 10.6 Å². The third kappa shape index (κ3) is 4.35. The molecule has 2 amide bonds. The van der Waals surface area contributed by atoms with Gasteiger partial charge in [-0.2, -0.15) is 0 Å². The van der Waals surface area contributed by atoms with Gasteiger partial charge in [0.15, 0.2) is 0 Å². The van der Waals surface area contributed by atoms with Gasteiger partial charge in [0.25, 0.3) is 11.8 Å². The van der Waals surface area contributed by atoms with Gasteiger partial charge in [-0.05, 0) is 30.3 Å². The van der Waals surface area contributed by atoms with Crippen LogP contribution in [0.1, 0.15) is 20.7 Å². The average molecular weight is 401 g/mol. The molecule has 4 nitrogen and oxygen atoms in total. The molecule has 2 aromatic rings. The van der Waals surface area contributed by atoms with Crippen molar-refractivity contribution in [1.29, 1.82) is 0 Å². The highest BCUT2D eigenvalue weighted by molar-refractivity contribution is 9.10. The molecule has 0 radical (unpaired) electrons. The quantitative estimate of drug-likeness (QED) is 0.757. The van der Waals surface area contributed by atoms with Crippen LogP contribution in [-0.4, -0.2) is 24.9 Å². The van der Waals surface area contributed by atoms with Crippen molar-refractivity contribution in [3.05, 3.63) is 69.4 Å². The van der Waals surface area contributed by atoms with Crippen molar-refractivity contribution in [3.63, 3.8) is 0 Å². The second-order valence-electron chi connectivity index (χ2n) is 4.73. The first-order chi connectivity index (χ1) is 11.4. The lowest BCUT2D eigenvalue weighted by Gasteiger charge is -2.09. The minimum absolute atomic E-state index is 0.0351. The van der Waals surface area contributed by atoms with Gasteiger partial charge in [0.2, 0.25) is 0 Å².